The second-order valence-electron chi connectivity index (χ2n) is 5.22. The number of carbonyl (C=O) groups is 1. The molecule has 0 heterocycles. The Labute approximate surface area is 112 Å². The first-order valence-electron chi connectivity index (χ1n) is 6.84. The highest BCUT2D eigenvalue weighted by molar-refractivity contribution is 5.78. The van der Waals surface area contributed by atoms with Crippen LogP contribution in [0.3, 0.4) is 0 Å². The van der Waals surface area contributed by atoms with Crippen LogP contribution in [0.5, 0.6) is 0 Å². The van der Waals surface area contributed by atoms with Crippen molar-refractivity contribution < 1.29 is 14.3 Å². The molecule has 0 spiro atoms. The predicted molar refractivity (Wildman–Crippen MR) is 71.1 cm³/mol. The zero-order chi connectivity index (χ0) is 13.7. The SMILES string of the molecule is O=C(Cc1ccc(F)cc1)NCC(O)C1CCCC1. The number of aliphatic hydroxyl groups is 1. The number of nitrogens with one attached hydrogen (secondary N) is 1. The lowest BCUT2D eigenvalue weighted by atomic mass is 10.0. The van der Waals surface area contributed by atoms with Crippen LogP contribution in [0.4, 0.5) is 4.39 Å². The van der Waals surface area contributed by atoms with E-state index in [9.17, 15) is 14.3 Å². The van der Waals surface area contributed by atoms with Crippen molar-refractivity contribution in [1.29, 1.82) is 0 Å². The molecular formula is C15H20FNO2. The molecule has 3 nitrogen and oxygen atoms in total. The average molecular weight is 265 g/mol. The summed E-state index contributed by atoms with van der Waals surface area (Å²) in [6, 6.07) is 5.89. The molecule has 2 rings (SSSR count). The number of halogens is 1. The van der Waals surface area contributed by atoms with Gasteiger partial charge in [0.1, 0.15) is 5.82 Å². The van der Waals surface area contributed by atoms with Crippen LogP contribution in [-0.4, -0.2) is 23.7 Å². The van der Waals surface area contributed by atoms with E-state index in [0.29, 0.717) is 12.5 Å². The Hall–Kier alpha value is -1.42. The molecule has 4 heteroatoms. The van der Waals surface area contributed by atoms with Crippen molar-refractivity contribution in [1.82, 2.24) is 5.32 Å². The van der Waals surface area contributed by atoms with E-state index in [1.165, 1.54) is 25.0 Å². The lowest BCUT2D eigenvalue weighted by Crippen LogP contribution is -2.36. The third-order valence-electron chi connectivity index (χ3n) is 3.73. The standard InChI is InChI=1S/C15H20FNO2/c16-13-7-5-11(6-8-13)9-15(19)17-10-14(18)12-3-1-2-4-12/h5-8,12,14,18H,1-4,9-10H2,(H,17,19). The Bertz CT molecular complexity index is 413. The minimum Gasteiger partial charge on any atom is -0.391 e. The summed E-state index contributed by atoms with van der Waals surface area (Å²) in [5, 5.41) is 12.7. The van der Waals surface area contributed by atoms with E-state index >= 15 is 0 Å². The Morgan fingerprint density at radius 1 is 1.32 bits per heavy atom. The van der Waals surface area contributed by atoms with E-state index in [-0.39, 0.29) is 18.1 Å². The van der Waals surface area contributed by atoms with Gasteiger partial charge in [-0.2, -0.15) is 0 Å². The smallest absolute Gasteiger partial charge is 0.224 e. The zero-order valence-electron chi connectivity index (χ0n) is 10.9. The Morgan fingerprint density at radius 2 is 1.95 bits per heavy atom. The summed E-state index contributed by atoms with van der Waals surface area (Å²) >= 11 is 0. The van der Waals surface area contributed by atoms with Gasteiger partial charge in [-0.15, -0.1) is 0 Å². The molecule has 1 aromatic carbocycles. The summed E-state index contributed by atoms with van der Waals surface area (Å²) in [7, 11) is 0. The lowest BCUT2D eigenvalue weighted by molar-refractivity contribution is -0.121. The predicted octanol–water partition coefficient (Wildman–Crippen LogP) is 2.04. The minimum absolute atomic E-state index is 0.136. The van der Waals surface area contributed by atoms with E-state index in [2.05, 4.69) is 5.32 Å². The van der Waals surface area contributed by atoms with Gasteiger partial charge < -0.3 is 10.4 Å². The van der Waals surface area contributed by atoms with Crippen LogP contribution in [0.15, 0.2) is 24.3 Å². The van der Waals surface area contributed by atoms with Gasteiger partial charge in [0, 0.05) is 6.54 Å². The number of carbonyl (C=O) groups excluding carboxylic acids is 1. The molecule has 1 unspecified atom stereocenters. The van der Waals surface area contributed by atoms with Crippen molar-refractivity contribution >= 4 is 5.91 Å². The largest absolute Gasteiger partial charge is 0.391 e. The maximum atomic E-state index is 12.7. The molecule has 19 heavy (non-hydrogen) atoms. The van der Waals surface area contributed by atoms with Gasteiger partial charge in [0.15, 0.2) is 0 Å². The summed E-state index contributed by atoms with van der Waals surface area (Å²) in [4.78, 5) is 11.7. The topological polar surface area (TPSA) is 49.3 Å². The monoisotopic (exact) mass is 265 g/mol. The van der Waals surface area contributed by atoms with E-state index in [0.717, 1.165) is 18.4 Å². The van der Waals surface area contributed by atoms with Gasteiger partial charge in [0.2, 0.25) is 5.91 Å². The number of aliphatic hydroxyl groups excluding tert-OH is 1. The third-order valence-corrected chi connectivity index (χ3v) is 3.73. The Kier molecular flexibility index (Phi) is 4.91. The molecular weight excluding hydrogens is 245 g/mol. The first-order chi connectivity index (χ1) is 9.15. The second kappa shape index (κ2) is 6.66. The fourth-order valence-corrected chi connectivity index (χ4v) is 2.58. The van der Waals surface area contributed by atoms with Crippen LogP contribution in [0.1, 0.15) is 31.2 Å². The number of benzene rings is 1. The lowest BCUT2D eigenvalue weighted by Gasteiger charge is -2.18. The Balaban J connectivity index is 1.73. The van der Waals surface area contributed by atoms with E-state index in [4.69, 9.17) is 0 Å². The quantitative estimate of drug-likeness (QED) is 0.856. The van der Waals surface area contributed by atoms with Gasteiger partial charge in [0.25, 0.3) is 0 Å². The van der Waals surface area contributed by atoms with Crippen molar-refractivity contribution in [3.8, 4) is 0 Å². The molecule has 1 aliphatic rings. The first-order valence-corrected chi connectivity index (χ1v) is 6.84. The normalized spacial score (nSPS) is 17.4. The molecule has 1 aromatic rings. The van der Waals surface area contributed by atoms with Crippen LogP contribution in [-0.2, 0) is 11.2 Å². The van der Waals surface area contributed by atoms with Gasteiger partial charge in [-0.05, 0) is 36.5 Å². The highest BCUT2D eigenvalue weighted by Gasteiger charge is 2.23. The zero-order valence-corrected chi connectivity index (χ0v) is 10.9. The first kappa shape index (κ1) is 14.0. The molecule has 1 aliphatic carbocycles. The van der Waals surface area contributed by atoms with Crippen molar-refractivity contribution in [2.75, 3.05) is 6.54 Å². The average Bonchev–Trinajstić information content (AvgIpc) is 2.93. The molecule has 0 aromatic heterocycles. The molecule has 2 N–H and O–H groups in total. The fraction of sp³-hybridized carbons (Fsp3) is 0.533. The van der Waals surface area contributed by atoms with Gasteiger partial charge in [-0.3, -0.25) is 4.79 Å². The molecule has 1 fully saturated rings. The maximum Gasteiger partial charge on any atom is 0.224 e. The van der Waals surface area contributed by atoms with Crippen LogP contribution in [0.2, 0.25) is 0 Å². The summed E-state index contributed by atoms with van der Waals surface area (Å²) < 4.78 is 12.7. The number of amides is 1. The van der Waals surface area contributed by atoms with Crippen molar-refractivity contribution in [2.24, 2.45) is 5.92 Å². The highest BCUT2D eigenvalue weighted by atomic mass is 19.1. The van der Waals surface area contributed by atoms with Crippen molar-refractivity contribution in [2.45, 2.75) is 38.2 Å². The molecule has 0 aliphatic heterocycles. The highest BCUT2D eigenvalue weighted by Crippen LogP contribution is 2.27. The third kappa shape index (κ3) is 4.31. The summed E-state index contributed by atoms with van der Waals surface area (Å²) in [6.07, 6.45) is 4.22. The van der Waals surface area contributed by atoms with Crippen LogP contribution in [0.25, 0.3) is 0 Å². The van der Waals surface area contributed by atoms with E-state index in [1.54, 1.807) is 12.1 Å². The van der Waals surface area contributed by atoms with Crippen LogP contribution < -0.4 is 5.32 Å². The summed E-state index contributed by atoms with van der Waals surface area (Å²) in [6.45, 7) is 0.310. The van der Waals surface area contributed by atoms with Gasteiger partial charge >= 0.3 is 0 Å². The van der Waals surface area contributed by atoms with Crippen molar-refractivity contribution in [3.05, 3.63) is 35.6 Å². The molecule has 0 radical (unpaired) electrons. The molecule has 1 atom stereocenters. The molecule has 0 bridgehead atoms. The fourth-order valence-electron chi connectivity index (χ4n) is 2.58. The van der Waals surface area contributed by atoms with E-state index in [1.807, 2.05) is 0 Å². The number of hydrogen-bond donors (Lipinski definition) is 2. The Morgan fingerprint density at radius 3 is 2.58 bits per heavy atom. The van der Waals surface area contributed by atoms with Gasteiger partial charge in [-0.1, -0.05) is 25.0 Å². The maximum absolute atomic E-state index is 12.7. The number of hydrogen-bond acceptors (Lipinski definition) is 2. The minimum atomic E-state index is -0.445. The van der Waals surface area contributed by atoms with Gasteiger partial charge in [0.05, 0.1) is 12.5 Å². The molecule has 1 amide bonds. The van der Waals surface area contributed by atoms with Crippen molar-refractivity contribution in [3.63, 3.8) is 0 Å². The molecule has 104 valence electrons. The van der Waals surface area contributed by atoms with Crippen LogP contribution >= 0.6 is 0 Å². The molecule has 1 saturated carbocycles. The molecule has 0 saturated heterocycles. The summed E-state index contributed by atoms with van der Waals surface area (Å²) in [5.74, 6) is -0.115. The van der Waals surface area contributed by atoms with E-state index < -0.39 is 6.10 Å². The van der Waals surface area contributed by atoms with Crippen LogP contribution in [0, 0.1) is 11.7 Å². The second-order valence-corrected chi connectivity index (χ2v) is 5.22. The number of rotatable bonds is 5. The van der Waals surface area contributed by atoms with Gasteiger partial charge in [-0.25, -0.2) is 4.39 Å². The summed E-state index contributed by atoms with van der Waals surface area (Å²) in [5.41, 5.74) is 0.772.